The Labute approximate surface area is 140 Å². The Balaban J connectivity index is 2.67. The molecule has 0 radical (unpaired) electrons. The van der Waals surface area contributed by atoms with E-state index in [1.165, 1.54) is 21.1 Å². The zero-order valence-corrected chi connectivity index (χ0v) is 13.9. The van der Waals surface area contributed by atoms with Crippen LogP contribution < -0.4 is 0 Å². The molecule has 0 amide bonds. The summed E-state index contributed by atoms with van der Waals surface area (Å²) >= 11 is 0. The van der Waals surface area contributed by atoms with Gasteiger partial charge in [-0.15, -0.1) is 0 Å². The van der Waals surface area contributed by atoms with Gasteiger partial charge in [0.15, 0.2) is 5.41 Å². The lowest BCUT2D eigenvalue weighted by atomic mass is 9.73. The number of methoxy groups -OCH3 is 2. The summed E-state index contributed by atoms with van der Waals surface area (Å²) in [7, 11) is 2.41. The number of carbonyl (C=O) groups is 3. The van der Waals surface area contributed by atoms with Crippen LogP contribution in [0.2, 0.25) is 0 Å². The lowest BCUT2D eigenvalue weighted by molar-refractivity contribution is -0.172. The zero-order valence-electron chi connectivity index (χ0n) is 13.9. The Kier molecular flexibility index (Phi) is 5.07. The minimum absolute atomic E-state index is 0.0101. The zero-order chi connectivity index (χ0) is 17.9. The van der Waals surface area contributed by atoms with Crippen molar-refractivity contribution in [1.82, 2.24) is 0 Å². The molecule has 0 spiro atoms. The van der Waals surface area contributed by atoms with E-state index in [4.69, 9.17) is 14.2 Å². The van der Waals surface area contributed by atoms with Crippen LogP contribution in [0.3, 0.4) is 0 Å². The van der Waals surface area contributed by atoms with Crippen LogP contribution in [0.25, 0.3) is 0 Å². The average molecular weight is 332 g/mol. The van der Waals surface area contributed by atoms with Gasteiger partial charge in [0.25, 0.3) is 0 Å². The Morgan fingerprint density at radius 3 is 2.08 bits per heavy atom. The topological polar surface area (TPSA) is 78.9 Å². The maximum Gasteiger partial charge on any atom is 0.324 e. The standard InChI is InChI=1S/C18H20O6/c1-11-10-18(16(20)22-3,17(21)23-4)14(15(11)24-12(2)19)13-8-6-5-7-9-13/h5-9,14-15H,1,10H2,2-4H3. The number of hydrogen-bond donors (Lipinski definition) is 0. The van der Waals surface area contributed by atoms with E-state index < -0.39 is 35.3 Å². The van der Waals surface area contributed by atoms with E-state index in [9.17, 15) is 14.4 Å². The first-order valence-corrected chi connectivity index (χ1v) is 7.45. The Hall–Kier alpha value is -2.63. The summed E-state index contributed by atoms with van der Waals surface area (Å²) in [5, 5.41) is 0. The number of rotatable bonds is 4. The summed E-state index contributed by atoms with van der Waals surface area (Å²) in [5.41, 5.74) is -0.504. The van der Waals surface area contributed by atoms with Gasteiger partial charge in [-0.25, -0.2) is 0 Å². The Morgan fingerprint density at radius 1 is 1.08 bits per heavy atom. The van der Waals surface area contributed by atoms with Gasteiger partial charge in [-0.1, -0.05) is 36.9 Å². The average Bonchev–Trinajstić information content (AvgIpc) is 2.87. The highest BCUT2D eigenvalue weighted by Gasteiger charge is 2.63. The smallest absolute Gasteiger partial charge is 0.324 e. The van der Waals surface area contributed by atoms with Crippen LogP contribution in [-0.4, -0.2) is 38.2 Å². The molecule has 2 rings (SSSR count). The second-order valence-electron chi connectivity index (χ2n) is 5.71. The van der Waals surface area contributed by atoms with E-state index in [2.05, 4.69) is 6.58 Å². The predicted octanol–water partition coefficient (Wildman–Crippen LogP) is 1.99. The minimum Gasteiger partial charge on any atom is -0.468 e. The summed E-state index contributed by atoms with van der Waals surface area (Å²) in [6.45, 7) is 5.17. The van der Waals surface area contributed by atoms with Crippen molar-refractivity contribution in [3.63, 3.8) is 0 Å². The molecule has 1 aliphatic carbocycles. The molecular weight excluding hydrogens is 312 g/mol. The second kappa shape index (κ2) is 6.86. The molecule has 2 unspecified atom stereocenters. The molecule has 0 bridgehead atoms. The maximum absolute atomic E-state index is 12.6. The van der Waals surface area contributed by atoms with Crippen LogP contribution in [-0.2, 0) is 28.6 Å². The van der Waals surface area contributed by atoms with Gasteiger partial charge in [-0.2, -0.15) is 0 Å². The molecular formula is C18H20O6. The molecule has 0 heterocycles. The van der Waals surface area contributed by atoms with E-state index in [1.807, 2.05) is 6.07 Å². The second-order valence-corrected chi connectivity index (χ2v) is 5.71. The lowest BCUT2D eigenvalue weighted by Crippen LogP contribution is -2.45. The maximum atomic E-state index is 12.6. The number of esters is 3. The molecule has 6 nitrogen and oxygen atoms in total. The van der Waals surface area contributed by atoms with Crippen molar-refractivity contribution in [1.29, 1.82) is 0 Å². The van der Waals surface area contributed by atoms with Crippen molar-refractivity contribution in [3.8, 4) is 0 Å². The molecule has 128 valence electrons. The largest absolute Gasteiger partial charge is 0.468 e. The van der Waals surface area contributed by atoms with Crippen LogP contribution in [0, 0.1) is 5.41 Å². The van der Waals surface area contributed by atoms with E-state index in [0.717, 1.165) is 0 Å². The number of ether oxygens (including phenoxy) is 3. The van der Waals surface area contributed by atoms with Crippen LogP contribution in [0.1, 0.15) is 24.8 Å². The van der Waals surface area contributed by atoms with E-state index in [0.29, 0.717) is 11.1 Å². The molecule has 0 aliphatic heterocycles. The van der Waals surface area contributed by atoms with E-state index >= 15 is 0 Å². The third kappa shape index (κ3) is 2.79. The van der Waals surface area contributed by atoms with E-state index in [-0.39, 0.29) is 6.42 Å². The molecule has 1 aliphatic rings. The van der Waals surface area contributed by atoms with E-state index in [1.54, 1.807) is 24.3 Å². The molecule has 0 N–H and O–H groups in total. The van der Waals surface area contributed by atoms with Crippen molar-refractivity contribution in [2.24, 2.45) is 5.41 Å². The fourth-order valence-electron chi connectivity index (χ4n) is 3.36. The molecule has 0 saturated heterocycles. The highest BCUT2D eigenvalue weighted by atomic mass is 16.6. The first-order chi connectivity index (χ1) is 11.4. The van der Waals surface area contributed by atoms with Gasteiger partial charge in [0.05, 0.1) is 20.1 Å². The predicted molar refractivity (Wildman–Crippen MR) is 85.0 cm³/mol. The SMILES string of the molecule is C=C1CC(C(=O)OC)(C(=O)OC)C(c2ccccc2)C1OC(C)=O. The fraction of sp³-hybridized carbons (Fsp3) is 0.389. The third-order valence-corrected chi connectivity index (χ3v) is 4.29. The Bertz CT molecular complexity index is 647. The highest BCUT2D eigenvalue weighted by molar-refractivity contribution is 6.02. The van der Waals surface area contributed by atoms with Crippen molar-refractivity contribution in [2.75, 3.05) is 14.2 Å². The van der Waals surface area contributed by atoms with Crippen molar-refractivity contribution in [2.45, 2.75) is 25.4 Å². The molecule has 1 aromatic carbocycles. The number of carbonyl (C=O) groups excluding carboxylic acids is 3. The first-order valence-electron chi connectivity index (χ1n) is 7.45. The summed E-state index contributed by atoms with van der Waals surface area (Å²) < 4.78 is 15.2. The monoisotopic (exact) mass is 332 g/mol. The van der Waals surface area contributed by atoms with Crippen molar-refractivity contribution >= 4 is 17.9 Å². The van der Waals surface area contributed by atoms with Gasteiger partial charge in [0.1, 0.15) is 6.10 Å². The van der Waals surface area contributed by atoms with Gasteiger partial charge in [-0.05, 0) is 17.6 Å². The van der Waals surface area contributed by atoms with Gasteiger partial charge in [0.2, 0.25) is 0 Å². The molecule has 0 aromatic heterocycles. The van der Waals surface area contributed by atoms with Gasteiger partial charge < -0.3 is 14.2 Å². The van der Waals surface area contributed by atoms with Gasteiger partial charge in [-0.3, -0.25) is 14.4 Å². The minimum atomic E-state index is -1.64. The van der Waals surface area contributed by atoms with Crippen LogP contribution >= 0.6 is 0 Å². The number of hydrogen-bond acceptors (Lipinski definition) is 6. The Morgan fingerprint density at radius 2 is 1.62 bits per heavy atom. The normalized spacial score (nSPS) is 21.9. The lowest BCUT2D eigenvalue weighted by Gasteiger charge is -2.31. The van der Waals surface area contributed by atoms with Crippen molar-refractivity contribution < 1.29 is 28.6 Å². The van der Waals surface area contributed by atoms with Gasteiger partial charge in [0, 0.05) is 6.92 Å². The first kappa shape index (κ1) is 17.7. The summed E-state index contributed by atoms with van der Waals surface area (Å²) in [6, 6.07) is 8.90. The summed E-state index contributed by atoms with van der Waals surface area (Å²) in [6.07, 6.45) is -0.827. The quantitative estimate of drug-likeness (QED) is 0.363. The van der Waals surface area contributed by atoms with Crippen molar-refractivity contribution in [3.05, 3.63) is 48.0 Å². The fourth-order valence-corrected chi connectivity index (χ4v) is 3.36. The molecule has 1 saturated carbocycles. The van der Waals surface area contributed by atoms with Crippen LogP contribution in [0.15, 0.2) is 42.5 Å². The number of benzene rings is 1. The molecule has 1 fully saturated rings. The van der Waals surface area contributed by atoms with Crippen LogP contribution in [0.4, 0.5) is 0 Å². The van der Waals surface area contributed by atoms with Gasteiger partial charge >= 0.3 is 17.9 Å². The highest BCUT2D eigenvalue weighted by Crippen LogP contribution is 2.54. The molecule has 6 heteroatoms. The van der Waals surface area contributed by atoms with Crippen LogP contribution in [0.5, 0.6) is 0 Å². The summed E-state index contributed by atoms with van der Waals surface area (Å²) in [4.78, 5) is 36.7. The molecule has 1 aromatic rings. The molecule has 24 heavy (non-hydrogen) atoms. The third-order valence-electron chi connectivity index (χ3n) is 4.29. The summed E-state index contributed by atoms with van der Waals surface area (Å²) in [5.74, 6) is -2.76. The molecule has 2 atom stereocenters.